The summed E-state index contributed by atoms with van der Waals surface area (Å²) in [7, 11) is 0. The summed E-state index contributed by atoms with van der Waals surface area (Å²) in [6.45, 7) is 4.24. The van der Waals surface area contributed by atoms with E-state index in [1.165, 1.54) is 11.6 Å². The Hall–Kier alpha value is -2.66. The van der Waals surface area contributed by atoms with Crippen molar-refractivity contribution in [2.45, 2.75) is 44.2 Å². The van der Waals surface area contributed by atoms with Crippen LogP contribution >= 0.6 is 11.9 Å². The molecule has 2 aliphatic heterocycles. The van der Waals surface area contributed by atoms with Gasteiger partial charge in [-0.2, -0.15) is 18.4 Å². The summed E-state index contributed by atoms with van der Waals surface area (Å²) in [5, 5.41) is 9.29. The van der Waals surface area contributed by atoms with Gasteiger partial charge in [-0.15, -0.1) is 0 Å². The fraction of sp³-hybridized carbons (Fsp3) is 0.417. The van der Waals surface area contributed by atoms with Gasteiger partial charge in [0.2, 0.25) is 0 Å². The fourth-order valence-corrected chi connectivity index (χ4v) is 5.45. The van der Waals surface area contributed by atoms with Crippen LogP contribution in [0.3, 0.4) is 0 Å². The van der Waals surface area contributed by atoms with Crippen LogP contribution in [-0.4, -0.2) is 29.6 Å². The molecule has 0 radical (unpaired) electrons. The van der Waals surface area contributed by atoms with Crippen LogP contribution in [-0.2, 0) is 11.6 Å². The van der Waals surface area contributed by atoms with Crippen LogP contribution in [0.15, 0.2) is 46.9 Å². The monoisotopic (exact) mass is 459 g/mol. The molecule has 1 unspecified atom stereocenters. The van der Waals surface area contributed by atoms with Crippen LogP contribution in [0.2, 0.25) is 0 Å². The summed E-state index contributed by atoms with van der Waals surface area (Å²) in [6, 6.07) is 12.4. The normalized spacial score (nSPS) is 20.8. The molecule has 2 aromatic rings. The number of hydrogen-bond donors (Lipinski definition) is 0. The van der Waals surface area contributed by atoms with Gasteiger partial charge in [0.05, 0.1) is 16.5 Å². The smallest absolute Gasteiger partial charge is 0.416 e. The van der Waals surface area contributed by atoms with Crippen LogP contribution in [0.1, 0.15) is 49.3 Å². The zero-order valence-corrected chi connectivity index (χ0v) is 18.6. The van der Waals surface area contributed by atoms with Crippen molar-refractivity contribution in [2.75, 3.05) is 18.8 Å². The lowest BCUT2D eigenvalue weighted by Gasteiger charge is -2.46. The minimum Gasteiger partial charge on any atom is -0.456 e. The zero-order chi connectivity index (χ0) is 22.8. The highest BCUT2D eigenvalue weighted by molar-refractivity contribution is 7.98. The van der Waals surface area contributed by atoms with Crippen molar-refractivity contribution in [2.24, 2.45) is 4.40 Å². The van der Waals surface area contributed by atoms with E-state index in [0.717, 1.165) is 62.5 Å². The third-order valence-electron chi connectivity index (χ3n) is 6.10. The predicted octanol–water partition coefficient (Wildman–Crippen LogP) is 6.56. The number of piperidine rings is 1. The predicted molar refractivity (Wildman–Crippen MR) is 120 cm³/mol. The first-order valence-corrected chi connectivity index (χ1v) is 11.7. The second-order valence-electron chi connectivity index (χ2n) is 8.12. The number of halogens is 3. The summed E-state index contributed by atoms with van der Waals surface area (Å²) in [5.41, 5.74) is 0.0187. The maximum atomic E-state index is 12.9. The van der Waals surface area contributed by atoms with Crippen molar-refractivity contribution >= 4 is 17.8 Å². The first-order chi connectivity index (χ1) is 15.4. The Morgan fingerprint density at radius 1 is 1.19 bits per heavy atom. The Morgan fingerprint density at radius 3 is 2.66 bits per heavy atom. The van der Waals surface area contributed by atoms with Crippen molar-refractivity contribution in [1.82, 2.24) is 4.90 Å². The molecule has 4 rings (SSSR count). The minimum absolute atomic E-state index is 0.105. The summed E-state index contributed by atoms with van der Waals surface area (Å²) in [5.74, 6) is 2.75. The first kappa shape index (κ1) is 22.5. The van der Waals surface area contributed by atoms with Gasteiger partial charge in [-0.1, -0.05) is 25.5 Å². The van der Waals surface area contributed by atoms with Crippen LogP contribution in [0.4, 0.5) is 13.2 Å². The van der Waals surface area contributed by atoms with E-state index in [1.54, 1.807) is 18.0 Å². The molecule has 0 aromatic heterocycles. The van der Waals surface area contributed by atoms with Gasteiger partial charge in [0, 0.05) is 18.8 Å². The number of benzene rings is 2. The lowest BCUT2D eigenvalue weighted by molar-refractivity contribution is -0.137. The highest BCUT2D eigenvalue weighted by Crippen LogP contribution is 2.43. The van der Waals surface area contributed by atoms with Crippen LogP contribution in [0.25, 0.3) is 0 Å². The number of fused-ring (bicyclic) bond motifs is 1. The molecule has 168 valence electrons. The highest BCUT2D eigenvalue weighted by Gasteiger charge is 2.43. The van der Waals surface area contributed by atoms with Crippen LogP contribution in [0, 0.1) is 11.3 Å². The number of hydrogen-bond acceptors (Lipinski definition) is 5. The fourth-order valence-electron chi connectivity index (χ4n) is 4.65. The number of rotatable bonds is 5. The van der Waals surface area contributed by atoms with Crippen molar-refractivity contribution in [3.8, 4) is 17.6 Å². The molecular formula is C24H24F3N3OS. The molecule has 0 saturated carbocycles. The van der Waals surface area contributed by atoms with Gasteiger partial charge in [0.1, 0.15) is 23.4 Å². The van der Waals surface area contributed by atoms with E-state index in [0.29, 0.717) is 5.75 Å². The molecule has 32 heavy (non-hydrogen) atoms. The molecule has 2 aliphatic rings. The van der Waals surface area contributed by atoms with Gasteiger partial charge in [-0.3, -0.25) is 0 Å². The number of nitriles is 1. The molecule has 0 aliphatic carbocycles. The summed E-state index contributed by atoms with van der Waals surface area (Å²) in [6.07, 6.45) is -0.325. The molecule has 0 bridgehead atoms. The van der Waals surface area contributed by atoms with Gasteiger partial charge in [0.15, 0.2) is 0 Å². The lowest BCUT2D eigenvalue weighted by Crippen LogP contribution is -2.53. The van der Waals surface area contributed by atoms with Crippen molar-refractivity contribution in [3.63, 3.8) is 0 Å². The molecule has 1 fully saturated rings. The lowest BCUT2D eigenvalue weighted by atomic mass is 9.70. The van der Waals surface area contributed by atoms with E-state index >= 15 is 0 Å². The Balaban J connectivity index is 1.62. The van der Waals surface area contributed by atoms with Gasteiger partial charge in [-0.05, 0) is 67.1 Å². The van der Waals surface area contributed by atoms with Crippen LogP contribution in [0.5, 0.6) is 11.5 Å². The molecule has 1 saturated heterocycles. The second-order valence-corrected chi connectivity index (χ2v) is 8.97. The Morgan fingerprint density at radius 2 is 1.97 bits per heavy atom. The molecule has 0 amide bonds. The Labute approximate surface area is 190 Å². The molecule has 2 heterocycles. The SMILES string of the molecule is CCCC1(c2ccc(Oc3ccc(C(F)(F)F)cc3C#N)cc2)CCCN2CCSN=C21. The van der Waals surface area contributed by atoms with Crippen molar-refractivity contribution < 1.29 is 17.9 Å². The molecule has 1 atom stereocenters. The third kappa shape index (κ3) is 4.31. The molecule has 4 nitrogen and oxygen atoms in total. The van der Waals surface area contributed by atoms with E-state index in [9.17, 15) is 18.4 Å². The van der Waals surface area contributed by atoms with Gasteiger partial charge < -0.3 is 9.64 Å². The minimum atomic E-state index is -4.51. The van der Waals surface area contributed by atoms with Gasteiger partial charge >= 0.3 is 6.18 Å². The van der Waals surface area contributed by atoms with E-state index < -0.39 is 11.7 Å². The van der Waals surface area contributed by atoms with E-state index in [4.69, 9.17) is 9.13 Å². The van der Waals surface area contributed by atoms with Crippen molar-refractivity contribution in [1.29, 1.82) is 5.26 Å². The van der Waals surface area contributed by atoms with Gasteiger partial charge in [0.25, 0.3) is 0 Å². The van der Waals surface area contributed by atoms with E-state index in [-0.39, 0.29) is 16.7 Å². The number of alkyl halides is 3. The number of nitrogens with zero attached hydrogens (tertiary/aromatic N) is 3. The maximum Gasteiger partial charge on any atom is 0.416 e. The summed E-state index contributed by atoms with van der Waals surface area (Å²) >= 11 is 1.63. The zero-order valence-electron chi connectivity index (χ0n) is 17.8. The molecule has 0 spiro atoms. The molecule has 0 N–H and O–H groups in total. The average Bonchev–Trinajstić information content (AvgIpc) is 2.79. The number of ether oxygens (including phenoxy) is 1. The Kier molecular flexibility index (Phi) is 6.38. The number of amidine groups is 1. The van der Waals surface area contributed by atoms with Crippen LogP contribution < -0.4 is 4.74 Å². The molecular weight excluding hydrogens is 435 g/mol. The largest absolute Gasteiger partial charge is 0.456 e. The molecule has 2 aromatic carbocycles. The van der Waals surface area contributed by atoms with E-state index in [2.05, 4.69) is 11.8 Å². The molecule has 8 heteroatoms. The Bertz CT molecular complexity index is 1040. The highest BCUT2D eigenvalue weighted by atomic mass is 32.2. The quantitative estimate of drug-likeness (QED) is 0.475. The maximum absolute atomic E-state index is 12.9. The summed E-state index contributed by atoms with van der Waals surface area (Å²) in [4.78, 5) is 2.40. The first-order valence-electron chi connectivity index (χ1n) is 10.7. The topological polar surface area (TPSA) is 48.6 Å². The van der Waals surface area contributed by atoms with E-state index in [1.807, 2.05) is 24.3 Å². The third-order valence-corrected chi connectivity index (χ3v) is 6.77. The van der Waals surface area contributed by atoms with Crippen molar-refractivity contribution in [3.05, 3.63) is 59.2 Å². The standard InChI is InChI=1S/C24H24F3N3OS/c1-2-10-23(11-3-12-30-13-14-32-29-22(23)30)18-4-7-20(8-5-18)31-21-9-6-19(24(25,26)27)15-17(21)16-28/h4-9,15H,2-3,10-14H2,1H3. The average molecular weight is 460 g/mol. The van der Waals surface area contributed by atoms with Gasteiger partial charge in [-0.25, -0.2) is 4.40 Å². The summed E-state index contributed by atoms with van der Waals surface area (Å²) < 4.78 is 49.4. The second kappa shape index (κ2) is 9.07.